The van der Waals surface area contributed by atoms with Gasteiger partial charge in [0.05, 0.1) is 12.2 Å². The Hall–Kier alpha value is -1.32. The first-order valence-corrected chi connectivity index (χ1v) is 3.26. The van der Waals surface area contributed by atoms with Gasteiger partial charge in [-0.2, -0.15) is 0 Å². The van der Waals surface area contributed by atoms with Crippen molar-refractivity contribution in [2.24, 2.45) is 0 Å². The molecule has 11 heavy (non-hydrogen) atoms. The van der Waals surface area contributed by atoms with Crippen molar-refractivity contribution in [2.75, 3.05) is 12.4 Å². The Morgan fingerprint density at radius 3 is 3.00 bits per heavy atom. The van der Waals surface area contributed by atoms with Crippen LogP contribution < -0.4 is 11.3 Å². The Balaban J connectivity index is 3.07. The number of hydrogen-bond acceptors (Lipinski definition) is 2. The maximum atomic E-state index is 11.8. The SMILES string of the molecule is Nc1cccn(CCF)c1=O. The second kappa shape index (κ2) is 3.18. The minimum Gasteiger partial charge on any atom is -0.394 e. The van der Waals surface area contributed by atoms with Crippen molar-refractivity contribution < 1.29 is 4.39 Å². The zero-order valence-electron chi connectivity index (χ0n) is 5.96. The van der Waals surface area contributed by atoms with Crippen molar-refractivity contribution >= 4 is 5.69 Å². The van der Waals surface area contributed by atoms with Crippen molar-refractivity contribution in [1.29, 1.82) is 0 Å². The molecule has 0 bridgehead atoms. The van der Waals surface area contributed by atoms with E-state index in [9.17, 15) is 9.18 Å². The summed E-state index contributed by atoms with van der Waals surface area (Å²) in [6.45, 7) is -0.479. The molecule has 4 heteroatoms. The lowest BCUT2D eigenvalue weighted by Gasteiger charge is -2.01. The standard InChI is InChI=1S/C7H9FN2O/c8-3-5-10-4-1-2-6(9)7(10)11/h1-2,4H,3,5,9H2. The van der Waals surface area contributed by atoms with E-state index in [0.717, 1.165) is 0 Å². The first-order valence-electron chi connectivity index (χ1n) is 3.26. The Morgan fingerprint density at radius 2 is 2.36 bits per heavy atom. The second-order valence-corrected chi connectivity index (χ2v) is 2.15. The molecule has 1 aromatic heterocycles. The average Bonchev–Trinajstić information content (AvgIpc) is 1.99. The lowest BCUT2D eigenvalue weighted by Crippen LogP contribution is -2.22. The van der Waals surface area contributed by atoms with E-state index >= 15 is 0 Å². The normalized spacial score (nSPS) is 9.91. The van der Waals surface area contributed by atoms with E-state index in [1.807, 2.05) is 0 Å². The molecule has 0 atom stereocenters. The Bertz CT molecular complexity index is 295. The third-order valence-electron chi connectivity index (χ3n) is 1.38. The summed E-state index contributed by atoms with van der Waals surface area (Å²) in [5, 5.41) is 0. The summed E-state index contributed by atoms with van der Waals surface area (Å²) in [5.41, 5.74) is 5.12. The molecule has 2 N–H and O–H groups in total. The number of aromatic nitrogens is 1. The van der Waals surface area contributed by atoms with Crippen LogP contribution in [0.3, 0.4) is 0 Å². The highest BCUT2D eigenvalue weighted by molar-refractivity contribution is 5.33. The Morgan fingerprint density at radius 1 is 1.64 bits per heavy atom. The fourth-order valence-electron chi connectivity index (χ4n) is 0.823. The van der Waals surface area contributed by atoms with E-state index in [1.54, 1.807) is 6.07 Å². The molecule has 0 amide bonds. The molecule has 0 fully saturated rings. The van der Waals surface area contributed by atoms with Gasteiger partial charge in [-0.3, -0.25) is 4.79 Å². The number of anilines is 1. The molecule has 0 aromatic carbocycles. The van der Waals surface area contributed by atoms with Crippen LogP contribution in [0.5, 0.6) is 0 Å². The van der Waals surface area contributed by atoms with Gasteiger partial charge in [0.1, 0.15) is 6.67 Å². The molecule has 60 valence electrons. The van der Waals surface area contributed by atoms with Gasteiger partial charge in [-0.1, -0.05) is 0 Å². The minimum absolute atomic E-state index is 0.0733. The highest BCUT2D eigenvalue weighted by Gasteiger charge is 1.96. The van der Waals surface area contributed by atoms with Gasteiger partial charge >= 0.3 is 0 Å². The number of hydrogen-bond donors (Lipinski definition) is 1. The summed E-state index contributed by atoms with van der Waals surface area (Å²) in [6.07, 6.45) is 1.51. The molecule has 1 heterocycles. The highest BCUT2D eigenvalue weighted by Crippen LogP contribution is 1.91. The van der Waals surface area contributed by atoms with Crippen LogP contribution in [0, 0.1) is 0 Å². The second-order valence-electron chi connectivity index (χ2n) is 2.15. The predicted molar refractivity (Wildman–Crippen MR) is 41.1 cm³/mol. The van der Waals surface area contributed by atoms with Crippen LogP contribution in [-0.4, -0.2) is 11.2 Å². The summed E-state index contributed by atoms with van der Waals surface area (Å²) in [4.78, 5) is 11.0. The molecule has 0 spiro atoms. The molecule has 1 aromatic rings. The first kappa shape index (κ1) is 7.78. The van der Waals surface area contributed by atoms with E-state index in [-0.39, 0.29) is 17.8 Å². The number of nitrogens with two attached hydrogens (primary N) is 1. The Labute approximate surface area is 63.3 Å². The van der Waals surface area contributed by atoms with Gasteiger partial charge in [-0.15, -0.1) is 0 Å². The van der Waals surface area contributed by atoms with Crippen molar-refractivity contribution in [1.82, 2.24) is 4.57 Å². The van der Waals surface area contributed by atoms with Gasteiger partial charge in [-0.05, 0) is 12.1 Å². The number of nitrogens with zero attached hydrogens (tertiary/aromatic N) is 1. The molecule has 0 aliphatic heterocycles. The van der Waals surface area contributed by atoms with Crippen molar-refractivity contribution in [2.45, 2.75) is 6.54 Å². The van der Waals surface area contributed by atoms with Gasteiger partial charge in [0.25, 0.3) is 5.56 Å². The lowest BCUT2D eigenvalue weighted by atomic mass is 10.4. The van der Waals surface area contributed by atoms with Crippen LogP contribution in [-0.2, 0) is 6.54 Å². The van der Waals surface area contributed by atoms with Gasteiger partial charge in [0, 0.05) is 6.20 Å². The number of halogens is 1. The van der Waals surface area contributed by atoms with Gasteiger partial charge in [0.15, 0.2) is 0 Å². The number of aryl methyl sites for hydroxylation is 1. The van der Waals surface area contributed by atoms with Crippen LogP contribution in [0.15, 0.2) is 23.1 Å². The van der Waals surface area contributed by atoms with Crippen LogP contribution in [0.1, 0.15) is 0 Å². The zero-order chi connectivity index (χ0) is 8.27. The monoisotopic (exact) mass is 156 g/mol. The predicted octanol–water partition coefficient (Wildman–Crippen LogP) is 0.400. The smallest absolute Gasteiger partial charge is 0.273 e. The molecule has 0 saturated carbocycles. The summed E-state index contributed by atoms with van der Waals surface area (Å²) in [7, 11) is 0. The van der Waals surface area contributed by atoms with Crippen LogP contribution in [0.4, 0.5) is 10.1 Å². The number of rotatable bonds is 2. The van der Waals surface area contributed by atoms with Crippen molar-refractivity contribution in [3.8, 4) is 0 Å². The molecule has 3 nitrogen and oxygen atoms in total. The third kappa shape index (κ3) is 1.58. The first-order chi connectivity index (χ1) is 5.25. The quantitative estimate of drug-likeness (QED) is 0.673. The van der Waals surface area contributed by atoms with Gasteiger partial charge in [-0.25, -0.2) is 4.39 Å². The topological polar surface area (TPSA) is 48.0 Å². The summed E-state index contributed by atoms with van der Waals surface area (Å²) in [6, 6.07) is 3.11. The number of alkyl halides is 1. The summed E-state index contributed by atoms with van der Waals surface area (Å²) in [5.74, 6) is 0. The van der Waals surface area contributed by atoms with Crippen molar-refractivity contribution in [3.05, 3.63) is 28.7 Å². The molecule has 0 unspecified atom stereocenters. The minimum atomic E-state index is -0.552. The van der Waals surface area contributed by atoms with E-state index in [4.69, 9.17) is 5.73 Å². The fraction of sp³-hybridized carbons (Fsp3) is 0.286. The van der Waals surface area contributed by atoms with Gasteiger partial charge < -0.3 is 10.3 Å². The highest BCUT2D eigenvalue weighted by atomic mass is 19.1. The molecule has 0 aliphatic rings. The number of pyridine rings is 1. The molecular formula is C7H9FN2O. The summed E-state index contributed by atoms with van der Waals surface area (Å²) < 4.78 is 13.0. The van der Waals surface area contributed by atoms with E-state index in [1.165, 1.54) is 16.8 Å². The van der Waals surface area contributed by atoms with E-state index in [0.29, 0.717) is 0 Å². The van der Waals surface area contributed by atoms with Crippen LogP contribution in [0.2, 0.25) is 0 Å². The average molecular weight is 156 g/mol. The summed E-state index contributed by atoms with van der Waals surface area (Å²) >= 11 is 0. The van der Waals surface area contributed by atoms with Crippen molar-refractivity contribution in [3.63, 3.8) is 0 Å². The molecule has 0 aliphatic carbocycles. The third-order valence-corrected chi connectivity index (χ3v) is 1.38. The molecule has 1 rings (SSSR count). The maximum absolute atomic E-state index is 11.8. The van der Waals surface area contributed by atoms with E-state index in [2.05, 4.69) is 0 Å². The van der Waals surface area contributed by atoms with Crippen LogP contribution in [0.25, 0.3) is 0 Å². The lowest BCUT2D eigenvalue weighted by molar-refractivity contribution is 0.441. The fourth-order valence-corrected chi connectivity index (χ4v) is 0.823. The van der Waals surface area contributed by atoms with Crippen LogP contribution >= 0.6 is 0 Å². The molecular weight excluding hydrogens is 147 g/mol. The number of nitrogen functional groups attached to an aromatic ring is 1. The zero-order valence-corrected chi connectivity index (χ0v) is 5.96. The van der Waals surface area contributed by atoms with Gasteiger partial charge in [0.2, 0.25) is 0 Å². The largest absolute Gasteiger partial charge is 0.394 e. The maximum Gasteiger partial charge on any atom is 0.273 e. The van der Waals surface area contributed by atoms with E-state index < -0.39 is 6.67 Å². The molecule has 0 saturated heterocycles. The Kier molecular flexibility index (Phi) is 2.25. The molecule has 0 radical (unpaired) electrons.